The lowest BCUT2D eigenvalue weighted by molar-refractivity contribution is 0.740. The largest absolute Gasteiger partial charge is 0.354 e. The summed E-state index contributed by atoms with van der Waals surface area (Å²) >= 11 is 0. The third kappa shape index (κ3) is 4.45. The van der Waals surface area contributed by atoms with Gasteiger partial charge in [0.2, 0.25) is 5.95 Å². The molecular formula is C18H26N4. The Kier molecular flexibility index (Phi) is 6.19. The number of anilines is 3. The predicted molar refractivity (Wildman–Crippen MR) is 93.9 cm³/mol. The molecule has 0 atom stereocenters. The average molecular weight is 298 g/mol. The second-order valence-electron chi connectivity index (χ2n) is 5.46. The van der Waals surface area contributed by atoms with Crippen LogP contribution in [0.5, 0.6) is 0 Å². The normalized spacial score (nSPS) is 10.5. The van der Waals surface area contributed by atoms with Gasteiger partial charge in [-0.25, -0.2) is 4.98 Å². The van der Waals surface area contributed by atoms with Gasteiger partial charge in [-0.1, -0.05) is 31.9 Å². The van der Waals surface area contributed by atoms with Crippen molar-refractivity contribution in [2.75, 3.05) is 23.3 Å². The highest BCUT2D eigenvalue weighted by Gasteiger charge is 2.09. The first-order valence-electron chi connectivity index (χ1n) is 8.15. The number of rotatable bonds is 8. The molecule has 4 nitrogen and oxygen atoms in total. The molecule has 0 aliphatic rings. The Morgan fingerprint density at radius 3 is 2.73 bits per heavy atom. The number of aryl methyl sites for hydroxylation is 1. The zero-order valence-corrected chi connectivity index (χ0v) is 13.8. The quantitative estimate of drug-likeness (QED) is 0.726. The van der Waals surface area contributed by atoms with Gasteiger partial charge in [0.15, 0.2) is 0 Å². The lowest BCUT2D eigenvalue weighted by atomic mass is 10.2. The standard InChI is InChI=1S/C18H26N4/c1-4-6-7-12-19-18-20-13-11-17(21-18)22(5-2)16-10-8-9-15(3)14-16/h8-11,13-14H,4-7,12H2,1-3H3,(H,19,20,21). The predicted octanol–water partition coefficient (Wildman–Crippen LogP) is 4.55. The van der Waals surface area contributed by atoms with Crippen LogP contribution in [0.1, 0.15) is 38.7 Å². The molecule has 1 aromatic carbocycles. The maximum absolute atomic E-state index is 4.65. The zero-order valence-electron chi connectivity index (χ0n) is 13.8. The van der Waals surface area contributed by atoms with Crippen molar-refractivity contribution < 1.29 is 0 Å². The lowest BCUT2D eigenvalue weighted by Gasteiger charge is -2.22. The Morgan fingerprint density at radius 2 is 2.00 bits per heavy atom. The smallest absolute Gasteiger partial charge is 0.224 e. The van der Waals surface area contributed by atoms with E-state index >= 15 is 0 Å². The van der Waals surface area contributed by atoms with Crippen LogP contribution in [0.15, 0.2) is 36.5 Å². The maximum Gasteiger partial charge on any atom is 0.224 e. The van der Waals surface area contributed by atoms with Crippen molar-refractivity contribution in [3.05, 3.63) is 42.1 Å². The summed E-state index contributed by atoms with van der Waals surface area (Å²) in [4.78, 5) is 11.2. The van der Waals surface area contributed by atoms with E-state index in [9.17, 15) is 0 Å². The Labute approximate surface area is 133 Å². The Hall–Kier alpha value is -2.10. The fraction of sp³-hybridized carbons (Fsp3) is 0.444. The molecule has 0 bridgehead atoms. The summed E-state index contributed by atoms with van der Waals surface area (Å²) in [7, 11) is 0. The van der Waals surface area contributed by atoms with E-state index in [4.69, 9.17) is 0 Å². The molecule has 0 spiro atoms. The van der Waals surface area contributed by atoms with Crippen LogP contribution in [0.2, 0.25) is 0 Å². The van der Waals surface area contributed by atoms with Crippen LogP contribution in [-0.2, 0) is 0 Å². The van der Waals surface area contributed by atoms with Gasteiger partial charge in [0, 0.05) is 25.0 Å². The van der Waals surface area contributed by atoms with Gasteiger partial charge >= 0.3 is 0 Å². The van der Waals surface area contributed by atoms with Gasteiger partial charge in [0.25, 0.3) is 0 Å². The van der Waals surface area contributed by atoms with Crippen molar-refractivity contribution >= 4 is 17.5 Å². The van der Waals surface area contributed by atoms with E-state index in [0.717, 1.165) is 31.0 Å². The first-order chi connectivity index (χ1) is 10.7. The summed E-state index contributed by atoms with van der Waals surface area (Å²) < 4.78 is 0. The summed E-state index contributed by atoms with van der Waals surface area (Å²) in [5.41, 5.74) is 2.42. The van der Waals surface area contributed by atoms with Crippen LogP contribution in [0.4, 0.5) is 17.5 Å². The number of hydrogen-bond acceptors (Lipinski definition) is 4. The molecule has 22 heavy (non-hydrogen) atoms. The van der Waals surface area contributed by atoms with Crippen molar-refractivity contribution in [3.63, 3.8) is 0 Å². The molecule has 0 fully saturated rings. The van der Waals surface area contributed by atoms with Crippen molar-refractivity contribution in [2.24, 2.45) is 0 Å². The molecule has 0 saturated carbocycles. The highest BCUT2D eigenvalue weighted by molar-refractivity contribution is 5.61. The van der Waals surface area contributed by atoms with E-state index in [1.54, 1.807) is 0 Å². The molecule has 0 aliphatic carbocycles. The van der Waals surface area contributed by atoms with Crippen molar-refractivity contribution in [2.45, 2.75) is 40.0 Å². The first kappa shape index (κ1) is 16.3. The topological polar surface area (TPSA) is 41.1 Å². The lowest BCUT2D eigenvalue weighted by Crippen LogP contribution is -2.18. The van der Waals surface area contributed by atoms with Crippen LogP contribution in [-0.4, -0.2) is 23.1 Å². The third-order valence-corrected chi connectivity index (χ3v) is 3.61. The fourth-order valence-corrected chi connectivity index (χ4v) is 2.43. The van der Waals surface area contributed by atoms with E-state index in [2.05, 4.69) is 65.2 Å². The molecule has 1 aromatic heterocycles. The van der Waals surface area contributed by atoms with E-state index in [-0.39, 0.29) is 0 Å². The summed E-state index contributed by atoms with van der Waals surface area (Å²) in [5, 5.41) is 3.31. The number of nitrogens with one attached hydrogen (secondary N) is 1. The van der Waals surface area contributed by atoms with Gasteiger partial charge in [-0.2, -0.15) is 4.98 Å². The maximum atomic E-state index is 4.65. The molecule has 1 heterocycles. The zero-order chi connectivity index (χ0) is 15.8. The molecule has 118 valence electrons. The van der Waals surface area contributed by atoms with E-state index in [1.807, 2.05) is 12.3 Å². The number of hydrogen-bond donors (Lipinski definition) is 1. The van der Waals surface area contributed by atoms with Crippen molar-refractivity contribution in [1.29, 1.82) is 0 Å². The molecule has 1 N–H and O–H groups in total. The highest BCUT2D eigenvalue weighted by atomic mass is 15.2. The Balaban J connectivity index is 2.12. The average Bonchev–Trinajstić information content (AvgIpc) is 2.53. The molecule has 0 saturated heterocycles. The SMILES string of the molecule is CCCCCNc1nccc(N(CC)c2cccc(C)c2)n1. The second kappa shape index (κ2) is 8.37. The van der Waals surface area contributed by atoms with E-state index in [0.29, 0.717) is 5.95 Å². The molecule has 0 aliphatic heterocycles. The van der Waals surface area contributed by atoms with Crippen LogP contribution in [0.3, 0.4) is 0 Å². The molecule has 2 rings (SSSR count). The Morgan fingerprint density at radius 1 is 1.14 bits per heavy atom. The van der Waals surface area contributed by atoms with Crippen molar-refractivity contribution in [3.8, 4) is 0 Å². The van der Waals surface area contributed by atoms with Crippen LogP contribution < -0.4 is 10.2 Å². The van der Waals surface area contributed by atoms with Gasteiger partial charge in [-0.05, 0) is 44.0 Å². The molecule has 2 aromatic rings. The number of nitrogens with zero attached hydrogens (tertiary/aromatic N) is 3. The summed E-state index contributed by atoms with van der Waals surface area (Å²) in [6, 6.07) is 10.5. The number of unbranched alkanes of at least 4 members (excludes halogenated alkanes) is 2. The van der Waals surface area contributed by atoms with Gasteiger partial charge in [-0.15, -0.1) is 0 Å². The number of benzene rings is 1. The van der Waals surface area contributed by atoms with E-state index < -0.39 is 0 Å². The summed E-state index contributed by atoms with van der Waals surface area (Å²) in [6.45, 7) is 8.25. The minimum atomic E-state index is 0.708. The van der Waals surface area contributed by atoms with E-state index in [1.165, 1.54) is 18.4 Å². The molecular weight excluding hydrogens is 272 g/mol. The fourth-order valence-electron chi connectivity index (χ4n) is 2.43. The molecule has 0 unspecified atom stereocenters. The summed E-state index contributed by atoms with van der Waals surface area (Å²) in [6.07, 6.45) is 5.43. The first-order valence-corrected chi connectivity index (χ1v) is 8.15. The van der Waals surface area contributed by atoms with Gasteiger partial charge in [0.05, 0.1) is 0 Å². The molecule has 4 heteroatoms. The molecule has 0 radical (unpaired) electrons. The van der Waals surface area contributed by atoms with Crippen LogP contribution in [0, 0.1) is 6.92 Å². The van der Waals surface area contributed by atoms with Crippen LogP contribution >= 0.6 is 0 Å². The molecule has 0 amide bonds. The highest BCUT2D eigenvalue weighted by Crippen LogP contribution is 2.24. The Bertz CT molecular complexity index is 583. The van der Waals surface area contributed by atoms with Gasteiger partial charge in [0.1, 0.15) is 5.82 Å². The minimum Gasteiger partial charge on any atom is -0.354 e. The minimum absolute atomic E-state index is 0.708. The van der Waals surface area contributed by atoms with Gasteiger partial charge < -0.3 is 10.2 Å². The second-order valence-corrected chi connectivity index (χ2v) is 5.46. The summed E-state index contributed by atoms with van der Waals surface area (Å²) in [5.74, 6) is 1.64. The third-order valence-electron chi connectivity index (χ3n) is 3.61. The number of aromatic nitrogens is 2. The van der Waals surface area contributed by atoms with Crippen molar-refractivity contribution in [1.82, 2.24) is 9.97 Å². The van der Waals surface area contributed by atoms with Crippen LogP contribution in [0.25, 0.3) is 0 Å². The monoisotopic (exact) mass is 298 g/mol. The van der Waals surface area contributed by atoms with Gasteiger partial charge in [-0.3, -0.25) is 0 Å².